The lowest BCUT2D eigenvalue weighted by Gasteiger charge is -2.11. The monoisotopic (exact) mass is 420 g/mol. The smallest absolute Gasteiger partial charge is 0.277 e. The van der Waals surface area contributed by atoms with E-state index in [1.807, 2.05) is 43.3 Å². The topological polar surface area (TPSA) is 97.1 Å². The quantitative estimate of drug-likeness (QED) is 0.421. The van der Waals surface area contributed by atoms with Gasteiger partial charge in [-0.3, -0.25) is 14.9 Å². The summed E-state index contributed by atoms with van der Waals surface area (Å²) in [6.07, 6.45) is 1.53. The molecule has 0 aromatic heterocycles. The van der Waals surface area contributed by atoms with Crippen molar-refractivity contribution in [1.82, 2.24) is 5.43 Å². The summed E-state index contributed by atoms with van der Waals surface area (Å²) < 4.78 is 5.71. The van der Waals surface area contributed by atoms with E-state index >= 15 is 0 Å². The highest BCUT2D eigenvalue weighted by atomic mass is 79.9. The molecule has 26 heavy (non-hydrogen) atoms. The zero-order valence-electron chi connectivity index (χ0n) is 14.2. The van der Waals surface area contributed by atoms with Crippen LogP contribution in [0.1, 0.15) is 5.56 Å². The third kappa shape index (κ3) is 5.55. The summed E-state index contributed by atoms with van der Waals surface area (Å²) in [5.74, 6) is -0.120. The molecule has 0 atom stereocenters. The minimum absolute atomic E-state index is 0.0708. The van der Waals surface area contributed by atoms with Gasteiger partial charge in [0.2, 0.25) is 0 Å². The van der Waals surface area contributed by atoms with E-state index in [1.165, 1.54) is 24.4 Å². The molecule has 0 spiro atoms. The Morgan fingerprint density at radius 3 is 2.58 bits per heavy atom. The average molecular weight is 421 g/mol. The maximum atomic E-state index is 11.8. The lowest BCUT2D eigenvalue weighted by molar-refractivity contribution is -0.384. The second-order valence-electron chi connectivity index (χ2n) is 5.44. The Bertz CT molecular complexity index is 822. The number of hydrazone groups is 1. The molecular weight excluding hydrogens is 404 g/mol. The van der Waals surface area contributed by atoms with Crippen LogP contribution in [-0.2, 0) is 4.79 Å². The van der Waals surface area contributed by atoms with Gasteiger partial charge in [0.25, 0.3) is 11.6 Å². The number of hydrogen-bond donors (Lipinski definition) is 1. The SMILES string of the molecule is CN(C)c1ccc(C=NNC(=O)COc2ccc([N+](=O)[O-])cc2Br)cc1. The van der Waals surface area contributed by atoms with Gasteiger partial charge in [-0.05, 0) is 39.7 Å². The first-order chi connectivity index (χ1) is 12.4. The largest absolute Gasteiger partial charge is 0.483 e. The number of ether oxygens (including phenoxy) is 1. The van der Waals surface area contributed by atoms with Gasteiger partial charge < -0.3 is 9.64 Å². The zero-order valence-corrected chi connectivity index (χ0v) is 15.8. The number of nitrogens with zero attached hydrogens (tertiary/aromatic N) is 3. The van der Waals surface area contributed by atoms with E-state index in [-0.39, 0.29) is 12.3 Å². The van der Waals surface area contributed by atoms with Crippen LogP contribution in [0.2, 0.25) is 0 Å². The van der Waals surface area contributed by atoms with Crippen molar-refractivity contribution in [2.75, 3.05) is 25.6 Å². The molecule has 0 radical (unpaired) electrons. The van der Waals surface area contributed by atoms with Gasteiger partial charge in [-0.15, -0.1) is 0 Å². The van der Waals surface area contributed by atoms with Crippen molar-refractivity contribution < 1.29 is 14.5 Å². The molecule has 0 bridgehead atoms. The molecule has 2 rings (SSSR count). The van der Waals surface area contributed by atoms with Crippen molar-refractivity contribution in [3.8, 4) is 5.75 Å². The van der Waals surface area contributed by atoms with Crippen LogP contribution in [0, 0.1) is 10.1 Å². The molecule has 0 saturated carbocycles. The lowest BCUT2D eigenvalue weighted by Crippen LogP contribution is -2.24. The fraction of sp³-hybridized carbons (Fsp3) is 0.176. The average Bonchev–Trinajstić information content (AvgIpc) is 2.61. The standard InChI is InChI=1S/C17H17BrN4O4/c1-21(2)13-5-3-12(4-6-13)10-19-20-17(23)11-26-16-8-7-14(22(24)25)9-15(16)18/h3-10H,11H2,1-2H3,(H,20,23). The van der Waals surface area contributed by atoms with Gasteiger partial charge >= 0.3 is 0 Å². The Kier molecular flexibility index (Phi) is 6.67. The summed E-state index contributed by atoms with van der Waals surface area (Å²) in [5, 5.41) is 14.5. The zero-order chi connectivity index (χ0) is 19.1. The molecule has 2 aromatic rings. The summed E-state index contributed by atoms with van der Waals surface area (Å²) in [5.41, 5.74) is 4.19. The summed E-state index contributed by atoms with van der Waals surface area (Å²) in [6.45, 7) is -0.271. The van der Waals surface area contributed by atoms with Crippen LogP contribution in [0.5, 0.6) is 5.75 Å². The Balaban J connectivity index is 1.84. The number of nitro groups is 1. The molecule has 0 aliphatic heterocycles. The van der Waals surface area contributed by atoms with Crippen molar-refractivity contribution in [1.29, 1.82) is 0 Å². The molecule has 0 saturated heterocycles. The number of benzene rings is 2. The molecule has 9 heteroatoms. The third-order valence-corrected chi connectivity index (χ3v) is 3.92. The Morgan fingerprint density at radius 1 is 1.31 bits per heavy atom. The highest BCUT2D eigenvalue weighted by molar-refractivity contribution is 9.10. The minimum Gasteiger partial charge on any atom is -0.483 e. The van der Waals surface area contributed by atoms with Crippen LogP contribution in [0.15, 0.2) is 52.0 Å². The minimum atomic E-state index is -0.513. The predicted octanol–water partition coefficient (Wildman–Crippen LogP) is 2.95. The molecule has 0 unspecified atom stereocenters. The van der Waals surface area contributed by atoms with Gasteiger partial charge in [-0.25, -0.2) is 5.43 Å². The number of carbonyl (C=O) groups excluding carboxylic acids is 1. The van der Waals surface area contributed by atoms with Crippen LogP contribution in [0.4, 0.5) is 11.4 Å². The summed E-state index contributed by atoms with van der Waals surface area (Å²) in [4.78, 5) is 23.9. The molecule has 0 heterocycles. The van der Waals surface area contributed by atoms with Gasteiger partial charge in [0.1, 0.15) is 5.75 Å². The molecule has 0 aliphatic carbocycles. The van der Waals surface area contributed by atoms with Crippen molar-refractivity contribution in [2.45, 2.75) is 0 Å². The van der Waals surface area contributed by atoms with Crippen LogP contribution in [0.25, 0.3) is 0 Å². The second-order valence-corrected chi connectivity index (χ2v) is 6.29. The van der Waals surface area contributed by atoms with E-state index in [1.54, 1.807) is 0 Å². The molecule has 136 valence electrons. The first-order valence-corrected chi connectivity index (χ1v) is 8.32. The molecule has 2 aromatic carbocycles. The normalized spacial score (nSPS) is 10.6. The number of amides is 1. The molecule has 1 N–H and O–H groups in total. The van der Waals surface area contributed by atoms with Crippen molar-refractivity contribution in [2.24, 2.45) is 5.10 Å². The molecular formula is C17H17BrN4O4. The number of anilines is 1. The Hall–Kier alpha value is -2.94. The van der Waals surface area contributed by atoms with Crippen LogP contribution in [-0.4, -0.2) is 37.7 Å². The molecule has 0 fully saturated rings. The Morgan fingerprint density at radius 2 is 2.00 bits per heavy atom. The van der Waals surface area contributed by atoms with Crippen molar-refractivity contribution in [3.05, 3.63) is 62.6 Å². The molecule has 1 amide bonds. The van der Waals surface area contributed by atoms with Gasteiger partial charge in [-0.1, -0.05) is 12.1 Å². The second kappa shape index (κ2) is 8.95. The fourth-order valence-corrected chi connectivity index (χ4v) is 2.41. The highest BCUT2D eigenvalue weighted by Gasteiger charge is 2.11. The molecule has 8 nitrogen and oxygen atoms in total. The van der Waals surface area contributed by atoms with Crippen LogP contribution >= 0.6 is 15.9 Å². The summed E-state index contributed by atoms with van der Waals surface area (Å²) in [6, 6.07) is 11.7. The number of rotatable bonds is 7. The van der Waals surface area contributed by atoms with Gasteiger partial charge in [0.05, 0.1) is 15.6 Å². The van der Waals surface area contributed by atoms with E-state index in [2.05, 4.69) is 26.5 Å². The van der Waals surface area contributed by atoms with E-state index in [4.69, 9.17) is 4.74 Å². The maximum absolute atomic E-state index is 11.8. The van der Waals surface area contributed by atoms with E-state index in [9.17, 15) is 14.9 Å². The van der Waals surface area contributed by atoms with Crippen molar-refractivity contribution in [3.63, 3.8) is 0 Å². The van der Waals surface area contributed by atoms with Crippen LogP contribution in [0.3, 0.4) is 0 Å². The predicted molar refractivity (Wildman–Crippen MR) is 103 cm³/mol. The fourth-order valence-electron chi connectivity index (χ4n) is 1.93. The number of halogens is 1. The van der Waals surface area contributed by atoms with Gasteiger partial charge in [0.15, 0.2) is 6.61 Å². The number of nitro benzene ring substituents is 1. The van der Waals surface area contributed by atoms with Crippen LogP contribution < -0.4 is 15.1 Å². The Labute approximate surface area is 158 Å². The van der Waals surface area contributed by atoms with Gasteiger partial charge in [0, 0.05) is 31.9 Å². The van der Waals surface area contributed by atoms with Crippen molar-refractivity contribution >= 4 is 39.4 Å². The third-order valence-electron chi connectivity index (χ3n) is 3.30. The number of non-ortho nitro benzene ring substituents is 1. The lowest BCUT2D eigenvalue weighted by atomic mass is 10.2. The number of carbonyl (C=O) groups is 1. The first kappa shape index (κ1) is 19.4. The maximum Gasteiger partial charge on any atom is 0.277 e. The summed E-state index contributed by atoms with van der Waals surface area (Å²) >= 11 is 3.17. The molecule has 0 aliphatic rings. The number of nitrogens with one attached hydrogen (secondary N) is 1. The summed E-state index contributed by atoms with van der Waals surface area (Å²) in [7, 11) is 3.90. The van der Waals surface area contributed by atoms with E-state index in [0.717, 1.165) is 11.3 Å². The van der Waals surface area contributed by atoms with Gasteiger partial charge in [-0.2, -0.15) is 5.10 Å². The van der Waals surface area contributed by atoms with E-state index in [0.29, 0.717) is 10.2 Å². The highest BCUT2D eigenvalue weighted by Crippen LogP contribution is 2.28. The van der Waals surface area contributed by atoms with E-state index < -0.39 is 10.8 Å². The number of hydrogen-bond acceptors (Lipinski definition) is 6. The first-order valence-electron chi connectivity index (χ1n) is 7.53.